The highest BCUT2D eigenvalue weighted by atomic mass is 16.5. The fraction of sp³-hybridized carbons (Fsp3) is 0.325. The zero-order valence-electron chi connectivity index (χ0n) is 29.4. The number of amides is 4. The number of hydrogen-bond acceptors (Lipinski definition) is 7. The van der Waals surface area contributed by atoms with Gasteiger partial charge < -0.3 is 35.4 Å². The molecule has 6 rings (SSSR count). The molecule has 12 heteroatoms. The first kappa shape index (κ1) is 35.9. The molecule has 2 fully saturated rings. The van der Waals surface area contributed by atoms with Crippen LogP contribution in [0.25, 0.3) is 22.2 Å². The number of rotatable bonds is 13. The van der Waals surface area contributed by atoms with Crippen LogP contribution in [0.2, 0.25) is 0 Å². The van der Waals surface area contributed by atoms with E-state index < -0.39 is 47.6 Å². The van der Waals surface area contributed by atoms with Crippen molar-refractivity contribution in [3.05, 3.63) is 103 Å². The fourth-order valence-electron chi connectivity index (χ4n) is 6.66. The van der Waals surface area contributed by atoms with E-state index in [4.69, 9.17) is 14.5 Å². The van der Waals surface area contributed by atoms with Gasteiger partial charge in [-0.2, -0.15) is 0 Å². The van der Waals surface area contributed by atoms with Gasteiger partial charge in [-0.05, 0) is 30.0 Å². The van der Waals surface area contributed by atoms with Crippen LogP contribution < -0.4 is 25.4 Å². The van der Waals surface area contributed by atoms with Gasteiger partial charge in [0.2, 0.25) is 11.8 Å². The molecule has 0 bridgehead atoms. The monoisotopic (exact) mass is 705 g/mol. The number of fused-ring (bicyclic) bond motifs is 1. The molecule has 4 amide bonds. The number of pyridine rings is 1. The number of nitrogens with one attached hydrogen (secondary N) is 3. The summed E-state index contributed by atoms with van der Waals surface area (Å²) in [7, 11) is 1.58. The van der Waals surface area contributed by atoms with Gasteiger partial charge >= 0.3 is 12.0 Å². The van der Waals surface area contributed by atoms with Gasteiger partial charge in [-0.15, -0.1) is 6.58 Å². The quantitative estimate of drug-likeness (QED) is 0.143. The molecule has 52 heavy (non-hydrogen) atoms. The second kappa shape index (κ2) is 15.1. The first-order valence-electron chi connectivity index (χ1n) is 17.3. The third kappa shape index (κ3) is 7.56. The van der Waals surface area contributed by atoms with Gasteiger partial charge in [-0.25, -0.2) is 14.6 Å². The summed E-state index contributed by atoms with van der Waals surface area (Å²) < 4.78 is 12.1. The Labute approximate surface area is 302 Å². The summed E-state index contributed by atoms with van der Waals surface area (Å²) >= 11 is 0. The molecule has 2 heterocycles. The lowest BCUT2D eigenvalue weighted by Crippen LogP contribution is -2.57. The molecule has 4 aromatic rings. The van der Waals surface area contributed by atoms with E-state index in [2.05, 4.69) is 22.5 Å². The third-order valence-corrected chi connectivity index (χ3v) is 9.73. The Kier molecular flexibility index (Phi) is 10.5. The number of aromatic nitrogens is 1. The van der Waals surface area contributed by atoms with Crippen molar-refractivity contribution in [3.63, 3.8) is 0 Å². The number of carbonyl (C=O) groups is 4. The predicted octanol–water partition coefficient (Wildman–Crippen LogP) is 4.93. The number of ether oxygens (including phenoxy) is 2. The number of carboxylic acids is 1. The minimum atomic E-state index is -1.50. The first-order valence-corrected chi connectivity index (χ1v) is 17.3. The molecular formula is C40H43N5O7. The molecule has 1 aromatic heterocycles. The molecule has 0 radical (unpaired) electrons. The van der Waals surface area contributed by atoms with E-state index in [0.717, 1.165) is 11.1 Å². The van der Waals surface area contributed by atoms with Crippen LogP contribution in [0.3, 0.4) is 0 Å². The van der Waals surface area contributed by atoms with Crippen LogP contribution >= 0.6 is 0 Å². The Bertz CT molecular complexity index is 1970. The van der Waals surface area contributed by atoms with Gasteiger partial charge in [0, 0.05) is 42.0 Å². The van der Waals surface area contributed by atoms with Crippen molar-refractivity contribution >= 4 is 34.7 Å². The zero-order chi connectivity index (χ0) is 37.0. The van der Waals surface area contributed by atoms with E-state index in [1.54, 1.807) is 13.2 Å². The van der Waals surface area contributed by atoms with Crippen LogP contribution in [0.15, 0.2) is 97.6 Å². The van der Waals surface area contributed by atoms with Crippen molar-refractivity contribution < 1.29 is 33.8 Å². The summed E-state index contributed by atoms with van der Waals surface area (Å²) in [4.78, 5) is 59.8. The number of likely N-dealkylation sites (tertiary alicyclic amines) is 1. The number of aliphatic carboxylic acids is 1. The van der Waals surface area contributed by atoms with Gasteiger partial charge in [-0.1, -0.05) is 80.6 Å². The Morgan fingerprint density at radius 2 is 1.75 bits per heavy atom. The van der Waals surface area contributed by atoms with Crippen LogP contribution in [0, 0.1) is 11.8 Å². The number of benzene rings is 3. The second-order valence-corrected chi connectivity index (χ2v) is 13.6. The van der Waals surface area contributed by atoms with E-state index in [-0.39, 0.29) is 37.8 Å². The third-order valence-electron chi connectivity index (χ3n) is 9.73. The number of carboxylic acid groups (broad SMARTS) is 1. The van der Waals surface area contributed by atoms with Crippen molar-refractivity contribution in [2.75, 3.05) is 13.7 Å². The highest BCUT2D eigenvalue weighted by Gasteiger charge is 2.61. The minimum Gasteiger partial charge on any atom is -0.497 e. The van der Waals surface area contributed by atoms with E-state index in [1.165, 1.54) is 11.0 Å². The molecule has 3 aromatic carbocycles. The largest absolute Gasteiger partial charge is 0.497 e. The number of hydrogen-bond donors (Lipinski definition) is 4. The minimum absolute atomic E-state index is 0.00797. The molecule has 1 saturated carbocycles. The molecule has 1 aliphatic carbocycles. The number of urea groups is 1. The van der Waals surface area contributed by atoms with Crippen molar-refractivity contribution in [2.24, 2.45) is 11.8 Å². The molecule has 1 saturated heterocycles. The number of methoxy groups -OCH3 is 1. The maximum Gasteiger partial charge on any atom is 0.330 e. The summed E-state index contributed by atoms with van der Waals surface area (Å²) in [6.07, 6.45) is 1.11. The Hall–Kier alpha value is -5.91. The SMILES string of the molecule is C=C[C@@H]1C[C@]1(NC(=O)[C@@H]1C[C@@H](Oc2cc(-c3ccccc3)nc3cc(OC)ccc23)CN1C(=O)N[C@H](C(=O)NCc1ccccc1)C(C)C)C(=O)O. The predicted molar refractivity (Wildman–Crippen MR) is 196 cm³/mol. The van der Waals surface area contributed by atoms with Crippen LogP contribution in [0.1, 0.15) is 32.3 Å². The highest BCUT2D eigenvalue weighted by molar-refractivity contribution is 5.95. The summed E-state index contributed by atoms with van der Waals surface area (Å²) in [5.74, 6) is -1.78. The lowest BCUT2D eigenvalue weighted by Gasteiger charge is -2.29. The van der Waals surface area contributed by atoms with Gasteiger partial charge in [0.15, 0.2) is 0 Å². The number of carbonyl (C=O) groups excluding carboxylic acids is 3. The summed E-state index contributed by atoms with van der Waals surface area (Å²) in [5.41, 5.74) is 1.57. The normalized spacial score (nSPS) is 21.2. The van der Waals surface area contributed by atoms with Crippen molar-refractivity contribution in [2.45, 2.75) is 57.0 Å². The number of nitrogens with zero attached hydrogens (tertiary/aromatic N) is 2. The van der Waals surface area contributed by atoms with Crippen LogP contribution in [0.4, 0.5) is 4.79 Å². The molecule has 12 nitrogen and oxygen atoms in total. The van der Waals surface area contributed by atoms with Crippen LogP contribution in [-0.2, 0) is 20.9 Å². The molecule has 1 aliphatic heterocycles. The lowest BCUT2D eigenvalue weighted by molar-refractivity contribution is -0.144. The molecule has 5 atom stereocenters. The van der Waals surface area contributed by atoms with Gasteiger partial charge in [0.25, 0.3) is 0 Å². The highest BCUT2D eigenvalue weighted by Crippen LogP contribution is 2.45. The molecule has 0 spiro atoms. The van der Waals surface area contributed by atoms with Crippen LogP contribution in [-0.4, -0.2) is 76.2 Å². The first-order chi connectivity index (χ1) is 25.0. The smallest absolute Gasteiger partial charge is 0.330 e. The van der Waals surface area contributed by atoms with Gasteiger partial charge in [0.1, 0.15) is 35.2 Å². The maximum atomic E-state index is 14.1. The summed E-state index contributed by atoms with van der Waals surface area (Å²) in [5, 5.41) is 19.1. The molecule has 270 valence electrons. The van der Waals surface area contributed by atoms with Gasteiger partial charge in [-0.3, -0.25) is 9.59 Å². The van der Waals surface area contributed by atoms with Crippen molar-refractivity contribution in [3.8, 4) is 22.8 Å². The summed E-state index contributed by atoms with van der Waals surface area (Å²) in [6.45, 7) is 7.62. The average molecular weight is 706 g/mol. The van der Waals surface area contributed by atoms with E-state index in [9.17, 15) is 24.3 Å². The second-order valence-electron chi connectivity index (χ2n) is 13.6. The maximum absolute atomic E-state index is 14.1. The average Bonchev–Trinajstić information content (AvgIpc) is 3.72. The lowest BCUT2D eigenvalue weighted by atomic mass is 10.0. The topological polar surface area (TPSA) is 159 Å². The zero-order valence-corrected chi connectivity index (χ0v) is 29.4. The van der Waals surface area contributed by atoms with Crippen molar-refractivity contribution in [1.29, 1.82) is 0 Å². The standard InChI is InChI=1S/C40H43N5O7/c1-5-27-21-40(27,38(48)49)44-36(46)33-19-29(23-45(33)39(50)43-35(24(2)3)37(47)41-22-25-12-8-6-9-13-25)52-34-20-31(26-14-10-7-11-15-26)42-32-18-28(51-4)16-17-30(32)34/h5-18,20,24,27,29,33,35H,1,19,21-23H2,2-4H3,(H,41,47)(H,43,50)(H,44,46)(H,48,49)/t27-,29-,33+,35+,40-/m1/s1. The molecule has 4 N–H and O–H groups in total. The molecular weight excluding hydrogens is 662 g/mol. The van der Waals surface area contributed by atoms with E-state index >= 15 is 0 Å². The Morgan fingerprint density at radius 3 is 2.38 bits per heavy atom. The van der Waals surface area contributed by atoms with Gasteiger partial charge in [0.05, 0.1) is 24.9 Å². The van der Waals surface area contributed by atoms with E-state index in [1.807, 2.05) is 92.7 Å². The summed E-state index contributed by atoms with van der Waals surface area (Å²) in [6, 6.07) is 23.7. The Morgan fingerprint density at radius 1 is 1.04 bits per heavy atom. The fourth-order valence-corrected chi connectivity index (χ4v) is 6.66. The molecule has 0 unspecified atom stereocenters. The van der Waals surface area contributed by atoms with Crippen molar-refractivity contribution in [1.82, 2.24) is 25.8 Å². The van der Waals surface area contributed by atoms with Crippen LogP contribution in [0.5, 0.6) is 11.5 Å². The Balaban J connectivity index is 1.28. The molecule has 2 aliphatic rings. The van der Waals surface area contributed by atoms with E-state index in [0.29, 0.717) is 28.1 Å².